The van der Waals surface area contributed by atoms with Gasteiger partial charge in [0.1, 0.15) is 17.3 Å². The summed E-state index contributed by atoms with van der Waals surface area (Å²) < 4.78 is 11.7. The molecule has 7 nitrogen and oxygen atoms in total. The normalized spacial score (nSPS) is 17.2. The van der Waals surface area contributed by atoms with Gasteiger partial charge in [-0.1, -0.05) is 53.8 Å². The number of methoxy groups -OCH3 is 1. The molecule has 4 aromatic rings. The van der Waals surface area contributed by atoms with Crippen LogP contribution in [0.4, 0.5) is 5.13 Å². The zero-order chi connectivity index (χ0) is 24.5. The average molecular weight is 487 g/mol. The monoisotopic (exact) mass is 486 g/mol. The van der Waals surface area contributed by atoms with Gasteiger partial charge in [-0.05, 0) is 42.8 Å². The summed E-state index contributed by atoms with van der Waals surface area (Å²) in [5.74, 6) is -0.397. The summed E-state index contributed by atoms with van der Waals surface area (Å²) in [6.07, 6.45) is 0. The van der Waals surface area contributed by atoms with Crippen LogP contribution < -0.4 is 14.4 Å². The van der Waals surface area contributed by atoms with Gasteiger partial charge in [0.05, 0.1) is 35.5 Å². The van der Waals surface area contributed by atoms with Crippen LogP contribution in [0.15, 0.2) is 78.4 Å². The van der Waals surface area contributed by atoms with E-state index < -0.39 is 17.7 Å². The summed E-state index contributed by atoms with van der Waals surface area (Å²) in [5.41, 5.74) is 1.80. The number of aliphatic hydroxyl groups excluding tert-OH is 1. The predicted octanol–water partition coefficient (Wildman–Crippen LogP) is 5.33. The van der Waals surface area contributed by atoms with Crippen molar-refractivity contribution in [1.82, 2.24) is 4.98 Å². The third-order valence-electron chi connectivity index (χ3n) is 5.79. The number of benzene rings is 3. The van der Waals surface area contributed by atoms with Gasteiger partial charge in [0.2, 0.25) is 0 Å². The Morgan fingerprint density at radius 1 is 1.03 bits per heavy atom. The maximum absolute atomic E-state index is 13.4. The Labute approximate surface area is 205 Å². The van der Waals surface area contributed by atoms with Crippen molar-refractivity contribution in [3.8, 4) is 11.5 Å². The van der Waals surface area contributed by atoms with Gasteiger partial charge >= 0.3 is 5.91 Å². The summed E-state index contributed by atoms with van der Waals surface area (Å²) in [6.45, 7) is 2.44. The lowest BCUT2D eigenvalue weighted by atomic mass is 9.95. The Morgan fingerprint density at radius 2 is 1.74 bits per heavy atom. The minimum absolute atomic E-state index is 0.0145. The number of ether oxygens (including phenoxy) is 2. The zero-order valence-electron chi connectivity index (χ0n) is 19.1. The maximum Gasteiger partial charge on any atom is 0.301 e. The van der Waals surface area contributed by atoms with Crippen LogP contribution in [0.5, 0.6) is 11.5 Å². The van der Waals surface area contributed by atoms with E-state index in [0.717, 1.165) is 4.70 Å². The molecule has 1 saturated heterocycles. The van der Waals surface area contributed by atoms with Crippen molar-refractivity contribution in [1.29, 1.82) is 0 Å². The van der Waals surface area contributed by atoms with Gasteiger partial charge in [-0.15, -0.1) is 0 Å². The fourth-order valence-corrected chi connectivity index (χ4v) is 5.16. The van der Waals surface area contributed by atoms with Crippen molar-refractivity contribution in [2.24, 2.45) is 0 Å². The van der Waals surface area contributed by atoms with Crippen molar-refractivity contribution < 1.29 is 24.2 Å². The first-order valence-corrected chi connectivity index (χ1v) is 11.9. The molecule has 35 heavy (non-hydrogen) atoms. The van der Waals surface area contributed by atoms with Gasteiger partial charge < -0.3 is 14.6 Å². The first kappa shape index (κ1) is 22.6. The Balaban J connectivity index is 1.69. The Morgan fingerprint density at radius 3 is 2.43 bits per heavy atom. The Bertz CT molecular complexity index is 1440. The van der Waals surface area contributed by atoms with Crippen LogP contribution in [0, 0.1) is 0 Å². The van der Waals surface area contributed by atoms with E-state index in [4.69, 9.17) is 9.47 Å². The molecule has 0 radical (unpaired) electrons. The second-order valence-electron chi connectivity index (χ2n) is 7.87. The molecule has 2 heterocycles. The van der Waals surface area contributed by atoms with Gasteiger partial charge in [0.15, 0.2) is 5.13 Å². The highest BCUT2D eigenvalue weighted by atomic mass is 32.1. The second-order valence-corrected chi connectivity index (χ2v) is 8.88. The number of Topliss-reactive ketones (excluding diaryl/α,β-unsaturated/α-hetero) is 1. The Hall–Kier alpha value is -4.17. The lowest BCUT2D eigenvalue weighted by molar-refractivity contribution is -0.132. The van der Waals surface area contributed by atoms with E-state index in [2.05, 4.69) is 4.98 Å². The summed E-state index contributed by atoms with van der Waals surface area (Å²) in [6, 6.07) is 20.4. The van der Waals surface area contributed by atoms with E-state index in [9.17, 15) is 14.7 Å². The predicted molar refractivity (Wildman–Crippen MR) is 135 cm³/mol. The quantitative estimate of drug-likeness (QED) is 0.225. The number of hydrogen-bond acceptors (Lipinski definition) is 7. The number of thiazole rings is 1. The molecular weight excluding hydrogens is 464 g/mol. The van der Waals surface area contributed by atoms with E-state index in [-0.39, 0.29) is 11.3 Å². The summed E-state index contributed by atoms with van der Waals surface area (Å²) in [7, 11) is 1.56. The van der Waals surface area contributed by atoms with Crippen LogP contribution in [0.3, 0.4) is 0 Å². The topological polar surface area (TPSA) is 89.0 Å². The SMILES string of the molecule is CCOc1ccc2nc(N3C(=O)C(=O)C(=C(O)c4ccccc4)C3c3ccc(OC)cc3)sc2c1. The molecule has 1 atom stereocenters. The summed E-state index contributed by atoms with van der Waals surface area (Å²) in [5, 5.41) is 11.5. The van der Waals surface area contributed by atoms with E-state index in [1.807, 2.05) is 31.2 Å². The number of aromatic nitrogens is 1. The van der Waals surface area contributed by atoms with Crippen molar-refractivity contribution in [3.05, 3.63) is 89.5 Å². The van der Waals surface area contributed by atoms with Crippen LogP contribution in [0.2, 0.25) is 0 Å². The molecule has 176 valence electrons. The number of rotatable bonds is 6. The largest absolute Gasteiger partial charge is 0.507 e. The average Bonchev–Trinajstić information content (AvgIpc) is 3.42. The molecule has 1 aliphatic heterocycles. The first-order valence-electron chi connectivity index (χ1n) is 11.1. The summed E-state index contributed by atoms with van der Waals surface area (Å²) in [4.78, 5) is 32.7. The molecule has 0 saturated carbocycles. The van der Waals surface area contributed by atoms with E-state index in [0.29, 0.717) is 39.9 Å². The van der Waals surface area contributed by atoms with Gasteiger partial charge in [-0.2, -0.15) is 0 Å². The highest BCUT2D eigenvalue weighted by Crippen LogP contribution is 2.44. The van der Waals surface area contributed by atoms with E-state index in [1.165, 1.54) is 16.2 Å². The minimum Gasteiger partial charge on any atom is -0.507 e. The molecule has 0 spiro atoms. The number of hydrogen-bond donors (Lipinski definition) is 1. The smallest absolute Gasteiger partial charge is 0.301 e. The number of ketones is 1. The van der Waals surface area contributed by atoms with Gasteiger partial charge in [-0.25, -0.2) is 4.98 Å². The molecule has 1 aliphatic rings. The fourth-order valence-electron chi connectivity index (χ4n) is 4.14. The van der Waals surface area contributed by atoms with Crippen LogP contribution in [0.25, 0.3) is 16.0 Å². The van der Waals surface area contributed by atoms with Crippen molar-refractivity contribution in [3.63, 3.8) is 0 Å². The molecule has 5 rings (SSSR count). The van der Waals surface area contributed by atoms with Crippen LogP contribution in [0.1, 0.15) is 24.1 Å². The molecule has 1 N–H and O–H groups in total. The maximum atomic E-state index is 13.4. The zero-order valence-corrected chi connectivity index (χ0v) is 19.9. The van der Waals surface area contributed by atoms with Crippen LogP contribution in [-0.2, 0) is 9.59 Å². The first-order chi connectivity index (χ1) is 17.0. The number of carbonyl (C=O) groups is 2. The highest BCUT2D eigenvalue weighted by Gasteiger charge is 2.48. The Kier molecular flexibility index (Phi) is 5.96. The number of carbonyl (C=O) groups excluding carboxylic acids is 2. The highest BCUT2D eigenvalue weighted by molar-refractivity contribution is 7.22. The molecule has 1 amide bonds. The molecule has 1 fully saturated rings. The summed E-state index contributed by atoms with van der Waals surface area (Å²) >= 11 is 1.29. The molecule has 1 aromatic heterocycles. The van der Waals surface area contributed by atoms with Crippen molar-refractivity contribution >= 4 is 44.1 Å². The standard InChI is InChI=1S/C27H22N2O5S/c1-3-34-19-13-14-20-21(15-19)35-27(28-20)29-23(16-9-11-18(33-2)12-10-16)22(25(31)26(29)32)24(30)17-7-5-4-6-8-17/h4-15,23,30H,3H2,1-2H3. The van der Waals surface area contributed by atoms with Crippen LogP contribution >= 0.6 is 11.3 Å². The third-order valence-corrected chi connectivity index (χ3v) is 6.81. The lowest BCUT2D eigenvalue weighted by Crippen LogP contribution is -2.29. The molecule has 0 aliphatic carbocycles. The second kappa shape index (κ2) is 9.23. The van der Waals surface area contributed by atoms with Gasteiger partial charge in [-0.3, -0.25) is 14.5 Å². The fraction of sp³-hybridized carbons (Fsp3) is 0.148. The van der Waals surface area contributed by atoms with Crippen molar-refractivity contribution in [2.75, 3.05) is 18.6 Å². The molecular formula is C27H22N2O5S. The lowest BCUT2D eigenvalue weighted by Gasteiger charge is -2.23. The number of anilines is 1. The van der Waals surface area contributed by atoms with Crippen LogP contribution in [-0.4, -0.2) is 35.5 Å². The van der Waals surface area contributed by atoms with Gasteiger partial charge in [0.25, 0.3) is 5.78 Å². The molecule has 3 aromatic carbocycles. The number of amides is 1. The number of aliphatic hydroxyl groups is 1. The minimum atomic E-state index is -0.854. The molecule has 1 unspecified atom stereocenters. The molecule has 0 bridgehead atoms. The van der Waals surface area contributed by atoms with Crippen molar-refractivity contribution in [2.45, 2.75) is 13.0 Å². The molecule has 8 heteroatoms. The third kappa shape index (κ3) is 4.02. The van der Waals surface area contributed by atoms with Gasteiger partial charge in [0, 0.05) is 5.56 Å². The van der Waals surface area contributed by atoms with E-state index >= 15 is 0 Å². The number of nitrogens with zero attached hydrogens (tertiary/aromatic N) is 2. The van der Waals surface area contributed by atoms with E-state index in [1.54, 1.807) is 55.6 Å². The number of fused-ring (bicyclic) bond motifs is 1.